The number of benzene rings is 1. The smallest absolute Gasteiger partial charge is 0.340 e. The molecule has 18 heavy (non-hydrogen) atoms. The van der Waals surface area contributed by atoms with Crippen LogP contribution in [0.25, 0.3) is 10.1 Å². The summed E-state index contributed by atoms with van der Waals surface area (Å²) in [6.45, 7) is 0. The van der Waals surface area contributed by atoms with Crippen molar-refractivity contribution in [3.63, 3.8) is 0 Å². The molecule has 2 aromatic rings. The predicted octanol–water partition coefficient (Wildman–Crippen LogP) is 2.16. The van der Waals surface area contributed by atoms with Gasteiger partial charge in [-0.15, -0.1) is 11.3 Å². The van der Waals surface area contributed by atoms with E-state index in [0.29, 0.717) is 10.4 Å². The van der Waals surface area contributed by atoms with Crippen molar-refractivity contribution in [2.45, 2.75) is 0 Å². The number of carboxylic acid groups (broad SMARTS) is 1. The normalized spacial score (nSPS) is 10.6. The molecule has 1 aromatic carbocycles. The molecule has 0 aliphatic carbocycles. The van der Waals surface area contributed by atoms with Gasteiger partial charge in [-0.2, -0.15) is 0 Å². The summed E-state index contributed by atoms with van der Waals surface area (Å²) in [5.41, 5.74) is -0.619. The molecule has 4 nitrogen and oxygen atoms in total. The fourth-order valence-electron chi connectivity index (χ4n) is 1.63. The number of hydrogen-bond donors (Lipinski definition) is 1. The summed E-state index contributed by atoms with van der Waals surface area (Å²) in [5, 5.41) is 10.2. The molecule has 0 aliphatic rings. The number of anilines is 1. The first kappa shape index (κ1) is 12.5. The zero-order chi connectivity index (χ0) is 13.4. The summed E-state index contributed by atoms with van der Waals surface area (Å²) >= 11 is 1.11. The molecular weight excluding hydrogens is 257 g/mol. The molecule has 0 unspecified atom stereocenters. The highest BCUT2D eigenvalue weighted by atomic mass is 32.1. The first-order valence-corrected chi connectivity index (χ1v) is 5.95. The number of hydrogen-bond acceptors (Lipinski definition) is 4. The standard InChI is InChI=1S/C12H10FNO3S/c1-14(2)9-4-10-6(3-8(9)13)11(15)7(5-18-10)12(16)17/h3-5H,1-2H3,(H,16,17). The lowest BCUT2D eigenvalue weighted by molar-refractivity contribution is 0.0696. The molecule has 1 aromatic heterocycles. The van der Waals surface area contributed by atoms with Crippen LogP contribution >= 0.6 is 11.3 Å². The first-order valence-electron chi connectivity index (χ1n) is 5.07. The van der Waals surface area contributed by atoms with E-state index in [-0.39, 0.29) is 10.9 Å². The quantitative estimate of drug-likeness (QED) is 0.906. The molecule has 2 rings (SSSR count). The molecular formula is C12H10FNO3S. The highest BCUT2D eigenvalue weighted by Gasteiger charge is 2.14. The van der Waals surface area contributed by atoms with Crippen LogP contribution in [0.4, 0.5) is 10.1 Å². The summed E-state index contributed by atoms with van der Waals surface area (Å²) in [7, 11) is 3.39. The summed E-state index contributed by atoms with van der Waals surface area (Å²) in [6.07, 6.45) is 0. The minimum atomic E-state index is -1.30. The van der Waals surface area contributed by atoms with Crippen molar-refractivity contribution < 1.29 is 14.3 Å². The second kappa shape index (κ2) is 4.38. The van der Waals surface area contributed by atoms with Crippen LogP contribution in [0, 0.1) is 5.82 Å². The molecule has 1 heterocycles. The highest BCUT2D eigenvalue weighted by Crippen LogP contribution is 2.26. The van der Waals surface area contributed by atoms with Crippen molar-refractivity contribution in [1.82, 2.24) is 0 Å². The van der Waals surface area contributed by atoms with E-state index >= 15 is 0 Å². The monoisotopic (exact) mass is 267 g/mol. The van der Waals surface area contributed by atoms with Gasteiger partial charge in [0.15, 0.2) is 0 Å². The van der Waals surface area contributed by atoms with Crippen LogP contribution in [0.5, 0.6) is 0 Å². The third-order valence-corrected chi connectivity index (χ3v) is 3.50. The topological polar surface area (TPSA) is 57.6 Å². The van der Waals surface area contributed by atoms with Crippen molar-refractivity contribution in [2.75, 3.05) is 19.0 Å². The summed E-state index contributed by atoms with van der Waals surface area (Å²) in [4.78, 5) is 24.3. The van der Waals surface area contributed by atoms with Gasteiger partial charge in [-0.1, -0.05) is 0 Å². The number of carboxylic acids is 1. The number of nitrogens with zero attached hydrogens (tertiary/aromatic N) is 1. The fourth-order valence-corrected chi connectivity index (χ4v) is 2.54. The van der Waals surface area contributed by atoms with Crippen molar-refractivity contribution >= 4 is 33.1 Å². The first-order chi connectivity index (χ1) is 8.41. The van der Waals surface area contributed by atoms with E-state index in [1.165, 1.54) is 5.38 Å². The Hall–Kier alpha value is -1.95. The maximum atomic E-state index is 13.8. The molecule has 0 radical (unpaired) electrons. The Morgan fingerprint density at radius 1 is 1.39 bits per heavy atom. The van der Waals surface area contributed by atoms with Crippen LogP contribution in [-0.4, -0.2) is 25.2 Å². The zero-order valence-electron chi connectivity index (χ0n) is 9.73. The molecule has 1 N–H and O–H groups in total. The van der Waals surface area contributed by atoms with Crippen LogP contribution < -0.4 is 10.3 Å². The van der Waals surface area contributed by atoms with E-state index in [1.807, 2.05) is 0 Å². The lowest BCUT2D eigenvalue weighted by Crippen LogP contribution is -2.15. The molecule has 0 spiro atoms. The molecule has 0 bridgehead atoms. The Kier molecular flexibility index (Phi) is 3.04. The second-order valence-electron chi connectivity index (χ2n) is 3.98. The van der Waals surface area contributed by atoms with E-state index in [9.17, 15) is 14.0 Å². The molecule has 6 heteroatoms. The largest absolute Gasteiger partial charge is 0.478 e. The van der Waals surface area contributed by atoms with Crippen molar-refractivity contribution in [1.29, 1.82) is 0 Å². The van der Waals surface area contributed by atoms with Gasteiger partial charge < -0.3 is 10.0 Å². The van der Waals surface area contributed by atoms with Gasteiger partial charge in [0.2, 0.25) is 5.43 Å². The minimum absolute atomic E-state index is 0.100. The molecule has 0 saturated carbocycles. The molecule has 94 valence electrons. The van der Waals surface area contributed by atoms with Crippen LogP contribution in [-0.2, 0) is 0 Å². The van der Waals surface area contributed by atoms with Crippen LogP contribution in [0.3, 0.4) is 0 Å². The van der Waals surface area contributed by atoms with E-state index in [0.717, 1.165) is 17.4 Å². The predicted molar refractivity (Wildman–Crippen MR) is 69.3 cm³/mol. The van der Waals surface area contributed by atoms with Crippen LogP contribution in [0.2, 0.25) is 0 Å². The maximum absolute atomic E-state index is 13.8. The SMILES string of the molecule is CN(C)c1cc2scc(C(=O)O)c(=O)c2cc1F. The van der Waals surface area contributed by atoms with Gasteiger partial charge in [-0.3, -0.25) is 4.79 Å². The van der Waals surface area contributed by atoms with E-state index in [1.54, 1.807) is 25.1 Å². The Morgan fingerprint density at radius 3 is 2.61 bits per heavy atom. The molecule has 0 atom stereocenters. The Bertz CT molecular complexity index is 694. The zero-order valence-corrected chi connectivity index (χ0v) is 10.5. The van der Waals surface area contributed by atoms with Gasteiger partial charge >= 0.3 is 5.97 Å². The van der Waals surface area contributed by atoms with Gasteiger partial charge in [-0.25, -0.2) is 9.18 Å². The summed E-state index contributed by atoms with van der Waals surface area (Å²) in [6, 6.07) is 2.64. The Balaban J connectivity index is 2.81. The molecule has 0 amide bonds. The van der Waals surface area contributed by atoms with Gasteiger partial charge in [0.05, 0.1) is 5.69 Å². The van der Waals surface area contributed by atoms with E-state index < -0.39 is 17.2 Å². The number of rotatable bonds is 2. The fraction of sp³-hybridized carbons (Fsp3) is 0.167. The number of halogens is 1. The van der Waals surface area contributed by atoms with E-state index in [4.69, 9.17) is 5.11 Å². The molecule has 0 saturated heterocycles. The lowest BCUT2D eigenvalue weighted by atomic mass is 10.2. The van der Waals surface area contributed by atoms with Gasteiger partial charge in [0.1, 0.15) is 11.4 Å². The number of carbonyl (C=O) groups is 1. The van der Waals surface area contributed by atoms with Crippen LogP contribution in [0.1, 0.15) is 10.4 Å². The lowest BCUT2D eigenvalue weighted by Gasteiger charge is -2.13. The third kappa shape index (κ3) is 1.95. The van der Waals surface area contributed by atoms with Gasteiger partial charge in [0, 0.05) is 29.6 Å². The van der Waals surface area contributed by atoms with Crippen molar-refractivity contribution in [2.24, 2.45) is 0 Å². The summed E-state index contributed by atoms with van der Waals surface area (Å²) in [5.74, 6) is -1.84. The average molecular weight is 267 g/mol. The average Bonchev–Trinajstić information content (AvgIpc) is 2.28. The molecule has 0 aliphatic heterocycles. The number of fused-ring (bicyclic) bond motifs is 1. The van der Waals surface area contributed by atoms with Gasteiger partial charge in [0.25, 0.3) is 0 Å². The third-order valence-electron chi connectivity index (χ3n) is 2.55. The second-order valence-corrected chi connectivity index (χ2v) is 4.89. The van der Waals surface area contributed by atoms with Gasteiger partial charge in [-0.05, 0) is 12.1 Å². The highest BCUT2D eigenvalue weighted by molar-refractivity contribution is 7.16. The minimum Gasteiger partial charge on any atom is -0.478 e. The number of aromatic carboxylic acids is 1. The van der Waals surface area contributed by atoms with Crippen molar-refractivity contribution in [3.8, 4) is 0 Å². The summed E-state index contributed by atoms with van der Waals surface area (Å²) < 4.78 is 14.3. The maximum Gasteiger partial charge on any atom is 0.340 e. The van der Waals surface area contributed by atoms with Crippen LogP contribution in [0.15, 0.2) is 22.3 Å². The molecule has 0 fully saturated rings. The Labute approximate surface area is 106 Å². The van der Waals surface area contributed by atoms with E-state index in [2.05, 4.69) is 0 Å². The Morgan fingerprint density at radius 2 is 2.06 bits per heavy atom. The van der Waals surface area contributed by atoms with Crippen molar-refractivity contribution in [3.05, 3.63) is 39.1 Å².